The van der Waals surface area contributed by atoms with Crippen molar-refractivity contribution >= 4 is 28.6 Å². The van der Waals surface area contributed by atoms with Crippen molar-refractivity contribution in [3.8, 4) is 0 Å². The zero-order chi connectivity index (χ0) is 10.8. The first-order valence-electron chi connectivity index (χ1n) is 4.45. The molecule has 0 saturated carbocycles. The predicted octanol–water partition coefficient (Wildman–Crippen LogP) is 1.73. The molecule has 2 aromatic rings. The van der Waals surface area contributed by atoms with Gasteiger partial charge in [0.05, 0.1) is 23.9 Å². The first-order valence-corrected chi connectivity index (χ1v) is 4.89. The molecule has 1 aromatic heterocycles. The fraction of sp³-hybridized carbons (Fsp3) is 0.200. The van der Waals surface area contributed by atoms with Gasteiger partial charge < -0.3 is 9.67 Å². The van der Waals surface area contributed by atoms with Gasteiger partial charge in [-0.3, -0.25) is 4.79 Å². The molecule has 1 aromatic carbocycles. The summed E-state index contributed by atoms with van der Waals surface area (Å²) in [4.78, 5) is 14.7. The summed E-state index contributed by atoms with van der Waals surface area (Å²) in [5.74, 6) is -1.02. The van der Waals surface area contributed by atoms with E-state index in [1.165, 1.54) is 0 Å². The Morgan fingerprint density at radius 2 is 2.27 bits per heavy atom. The van der Waals surface area contributed by atoms with E-state index in [2.05, 4.69) is 4.98 Å². The smallest absolute Gasteiger partial charge is 0.323 e. The van der Waals surface area contributed by atoms with Crippen molar-refractivity contribution in [1.29, 1.82) is 0 Å². The van der Waals surface area contributed by atoms with Gasteiger partial charge in [-0.25, -0.2) is 4.98 Å². The van der Waals surface area contributed by atoms with Crippen molar-refractivity contribution in [2.75, 3.05) is 0 Å². The molecule has 1 unspecified atom stereocenters. The number of hydrogen-bond donors (Lipinski definition) is 1. The number of fused-ring (bicyclic) bond motifs is 1. The third-order valence-electron chi connectivity index (χ3n) is 2.15. The predicted molar refractivity (Wildman–Crippen MR) is 57.0 cm³/mol. The van der Waals surface area contributed by atoms with Crippen LogP contribution in [0.25, 0.3) is 11.0 Å². The second-order valence-electron chi connectivity index (χ2n) is 3.19. The van der Waals surface area contributed by atoms with E-state index in [-0.39, 0.29) is 6.54 Å². The number of rotatable bonds is 3. The summed E-state index contributed by atoms with van der Waals surface area (Å²) in [7, 11) is 0. The zero-order valence-corrected chi connectivity index (χ0v) is 8.55. The van der Waals surface area contributed by atoms with Crippen molar-refractivity contribution < 1.29 is 9.90 Å². The first-order chi connectivity index (χ1) is 7.18. The fourth-order valence-corrected chi connectivity index (χ4v) is 1.56. The lowest BCUT2D eigenvalue weighted by Gasteiger charge is -2.05. The van der Waals surface area contributed by atoms with E-state index >= 15 is 0 Å². The molecule has 1 atom stereocenters. The standard InChI is InChI=1S/C10H9ClN2O2/c11-7(10(14)15)5-13-6-12-8-3-1-2-4-9(8)13/h1-4,6-7H,5H2,(H,14,15). The molecular weight excluding hydrogens is 216 g/mol. The third kappa shape index (κ3) is 1.94. The number of imidazole rings is 1. The molecule has 4 nitrogen and oxygen atoms in total. The molecule has 1 heterocycles. The van der Waals surface area contributed by atoms with Crippen molar-refractivity contribution in [2.45, 2.75) is 11.9 Å². The molecule has 78 valence electrons. The molecule has 0 aliphatic heterocycles. The Morgan fingerprint density at radius 1 is 1.53 bits per heavy atom. The molecule has 0 bridgehead atoms. The van der Waals surface area contributed by atoms with E-state index in [1.54, 1.807) is 10.9 Å². The number of halogens is 1. The van der Waals surface area contributed by atoms with Gasteiger partial charge in [-0.1, -0.05) is 12.1 Å². The van der Waals surface area contributed by atoms with E-state index in [0.29, 0.717) is 0 Å². The van der Waals surface area contributed by atoms with E-state index in [9.17, 15) is 4.79 Å². The molecular formula is C10H9ClN2O2. The molecule has 0 saturated heterocycles. The van der Waals surface area contributed by atoms with E-state index in [4.69, 9.17) is 16.7 Å². The normalized spacial score (nSPS) is 12.9. The third-order valence-corrected chi connectivity index (χ3v) is 2.48. The maximum Gasteiger partial charge on any atom is 0.323 e. The molecule has 0 radical (unpaired) electrons. The Kier molecular flexibility index (Phi) is 2.60. The van der Waals surface area contributed by atoms with Crippen LogP contribution in [0.15, 0.2) is 30.6 Å². The molecule has 1 N–H and O–H groups in total. The fourth-order valence-electron chi connectivity index (χ4n) is 1.41. The van der Waals surface area contributed by atoms with Gasteiger partial charge in [0.2, 0.25) is 0 Å². The average molecular weight is 225 g/mol. The summed E-state index contributed by atoms with van der Waals surface area (Å²) in [6.45, 7) is 0.220. The van der Waals surface area contributed by atoms with Crippen LogP contribution in [0.4, 0.5) is 0 Å². The van der Waals surface area contributed by atoms with Crippen LogP contribution < -0.4 is 0 Å². The van der Waals surface area contributed by atoms with Crippen LogP contribution in [0, 0.1) is 0 Å². The number of carbonyl (C=O) groups is 1. The van der Waals surface area contributed by atoms with Gasteiger partial charge in [-0.15, -0.1) is 11.6 Å². The molecule has 0 aliphatic carbocycles. The molecule has 0 fully saturated rings. The Hall–Kier alpha value is -1.55. The largest absolute Gasteiger partial charge is 0.480 e. The Morgan fingerprint density at radius 3 is 3.00 bits per heavy atom. The quantitative estimate of drug-likeness (QED) is 0.808. The highest BCUT2D eigenvalue weighted by atomic mass is 35.5. The number of nitrogens with zero attached hydrogens (tertiary/aromatic N) is 2. The Bertz CT molecular complexity index is 495. The van der Waals surface area contributed by atoms with Gasteiger partial charge >= 0.3 is 5.97 Å². The minimum absolute atomic E-state index is 0.220. The summed E-state index contributed by atoms with van der Waals surface area (Å²) >= 11 is 5.66. The van der Waals surface area contributed by atoms with Crippen LogP contribution in [0.1, 0.15) is 0 Å². The van der Waals surface area contributed by atoms with E-state index in [0.717, 1.165) is 11.0 Å². The van der Waals surface area contributed by atoms with Crippen LogP contribution in [-0.2, 0) is 11.3 Å². The summed E-state index contributed by atoms with van der Waals surface area (Å²) in [5, 5.41) is 7.76. The molecule has 0 aliphatic rings. The number of aliphatic carboxylic acids is 1. The van der Waals surface area contributed by atoms with Crippen LogP contribution in [-0.4, -0.2) is 26.0 Å². The van der Waals surface area contributed by atoms with Crippen molar-refractivity contribution in [3.63, 3.8) is 0 Å². The maximum atomic E-state index is 10.6. The van der Waals surface area contributed by atoms with Gasteiger partial charge in [0, 0.05) is 0 Å². The molecule has 0 amide bonds. The number of benzene rings is 1. The molecule has 5 heteroatoms. The number of alkyl halides is 1. The minimum atomic E-state index is -1.02. The highest BCUT2D eigenvalue weighted by Gasteiger charge is 2.15. The van der Waals surface area contributed by atoms with Crippen molar-refractivity contribution in [2.24, 2.45) is 0 Å². The number of aromatic nitrogens is 2. The minimum Gasteiger partial charge on any atom is -0.480 e. The van der Waals surface area contributed by atoms with Gasteiger partial charge in [0.15, 0.2) is 0 Å². The Balaban J connectivity index is 2.32. The van der Waals surface area contributed by atoms with E-state index in [1.807, 2.05) is 24.3 Å². The molecule has 15 heavy (non-hydrogen) atoms. The lowest BCUT2D eigenvalue weighted by molar-refractivity contribution is -0.136. The van der Waals surface area contributed by atoms with Crippen LogP contribution in [0.2, 0.25) is 0 Å². The van der Waals surface area contributed by atoms with Gasteiger partial charge in [-0.05, 0) is 12.1 Å². The number of carboxylic acid groups (broad SMARTS) is 1. The van der Waals surface area contributed by atoms with Gasteiger partial charge in [-0.2, -0.15) is 0 Å². The lowest BCUT2D eigenvalue weighted by atomic mass is 10.3. The number of hydrogen-bond acceptors (Lipinski definition) is 2. The van der Waals surface area contributed by atoms with Gasteiger partial charge in [0.25, 0.3) is 0 Å². The Labute approximate surface area is 91.1 Å². The number of carboxylic acids is 1. The second-order valence-corrected chi connectivity index (χ2v) is 3.72. The van der Waals surface area contributed by atoms with Crippen molar-refractivity contribution in [3.05, 3.63) is 30.6 Å². The summed E-state index contributed by atoms with van der Waals surface area (Å²) < 4.78 is 1.74. The topological polar surface area (TPSA) is 55.1 Å². The van der Waals surface area contributed by atoms with Crippen molar-refractivity contribution in [1.82, 2.24) is 9.55 Å². The maximum absolute atomic E-state index is 10.6. The number of para-hydroxylation sites is 2. The van der Waals surface area contributed by atoms with E-state index < -0.39 is 11.3 Å². The summed E-state index contributed by atoms with van der Waals surface area (Å²) in [6, 6.07) is 7.52. The zero-order valence-electron chi connectivity index (χ0n) is 7.80. The summed E-state index contributed by atoms with van der Waals surface area (Å²) in [5.41, 5.74) is 1.73. The highest BCUT2D eigenvalue weighted by Crippen LogP contribution is 2.13. The first kappa shape index (κ1) is 9.98. The lowest BCUT2D eigenvalue weighted by Crippen LogP contribution is -2.19. The van der Waals surface area contributed by atoms with Crippen LogP contribution in [0.5, 0.6) is 0 Å². The molecule has 0 spiro atoms. The second kappa shape index (κ2) is 3.90. The monoisotopic (exact) mass is 224 g/mol. The summed E-state index contributed by atoms with van der Waals surface area (Å²) in [6.07, 6.45) is 1.60. The highest BCUT2D eigenvalue weighted by molar-refractivity contribution is 6.29. The average Bonchev–Trinajstić information content (AvgIpc) is 2.62. The van der Waals surface area contributed by atoms with Crippen LogP contribution >= 0.6 is 11.6 Å². The van der Waals surface area contributed by atoms with Crippen LogP contribution in [0.3, 0.4) is 0 Å². The molecule has 2 rings (SSSR count). The van der Waals surface area contributed by atoms with Gasteiger partial charge in [0.1, 0.15) is 5.38 Å². The SMILES string of the molecule is O=C(O)C(Cl)Cn1cnc2ccccc21.